The minimum Gasteiger partial charge on any atom is -0.469 e. The summed E-state index contributed by atoms with van der Waals surface area (Å²) in [6, 6.07) is 13.1. The lowest BCUT2D eigenvalue weighted by Gasteiger charge is -2.21. The lowest BCUT2D eigenvalue weighted by Crippen LogP contribution is -2.29. The van der Waals surface area contributed by atoms with E-state index in [0.717, 1.165) is 23.1 Å². The molecule has 0 fully saturated rings. The second kappa shape index (κ2) is 6.92. The predicted molar refractivity (Wildman–Crippen MR) is 82.2 cm³/mol. The van der Waals surface area contributed by atoms with Crippen LogP contribution < -0.4 is 5.32 Å². The lowest BCUT2D eigenvalue weighted by molar-refractivity contribution is 0.430. The van der Waals surface area contributed by atoms with Crippen molar-refractivity contribution in [2.24, 2.45) is 0 Å². The summed E-state index contributed by atoms with van der Waals surface area (Å²) in [5, 5.41) is 3.63. The largest absolute Gasteiger partial charge is 0.469 e. The number of halogens is 1. The molecular formula is C16H20BrNO. The van der Waals surface area contributed by atoms with E-state index >= 15 is 0 Å². The van der Waals surface area contributed by atoms with Gasteiger partial charge in [-0.25, -0.2) is 0 Å². The third-order valence-electron chi connectivity index (χ3n) is 3.31. The van der Waals surface area contributed by atoms with Crippen molar-refractivity contribution in [1.82, 2.24) is 5.32 Å². The van der Waals surface area contributed by atoms with Crippen LogP contribution in [-0.4, -0.2) is 6.04 Å². The maximum Gasteiger partial charge on any atom is 0.103 e. The van der Waals surface area contributed by atoms with Gasteiger partial charge in [0.05, 0.1) is 6.26 Å². The first kappa shape index (κ1) is 14.4. The van der Waals surface area contributed by atoms with Gasteiger partial charge in [-0.2, -0.15) is 0 Å². The van der Waals surface area contributed by atoms with Gasteiger partial charge in [-0.3, -0.25) is 0 Å². The van der Waals surface area contributed by atoms with E-state index in [1.165, 1.54) is 5.56 Å². The van der Waals surface area contributed by atoms with Crippen LogP contribution in [-0.2, 0) is 6.42 Å². The van der Waals surface area contributed by atoms with Crippen LogP contribution >= 0.6 is 15.9 Å². The van der Waals surface area contributed by atoms with Crippen LogP contribution in [0.2, 0.25) is 0 Å². The minimum atomic E-state index is 0.335. The molecule has 2 aromatic rings. The Hall–Kier alpha value is -1.06. The van der Waals surface area contributed by atoms with Crippen molar-refractivity contribution in [2.45, 2.75) is 38.8 Å². The van der Waals surface area contributed by atoms with Crippen LogP contribution in [0, 0.1) is 0 Å². The molecule has 3 heteroatoms. The number of rotatable bonds is 6. The molecule has 1 N–H and O–H groups in total. The van der Waals surface area contributed by atoms with E-state index in [4.69, 9.17) is 4.42 Å². The topological polar surface area (TPSA) is 25.2 Å². The normalized spacial score (nSPS) is 14.3. The van der Waals surface area contributed by atoms with Crippen molar-refractivity contribution in [1.29, 1.82) is 0 Å². The van der Waals surface area contributed by atoms with Crippen molar-refractivity contribution < 1.29 is 4.42 Å². The van der Waals surface area contributed by atoms with E-state index in [0.29, 0.717) is 12.1 Å². The van der Waals surface area contributed by atoms with E-state index in [1.807, 2.05) is 18.2 Å². The van der Waals surface area contributed by atoms with Gasteiger partial charge in [0.2, 0.25) is 0 Å². The van der Waals surface area contributed by atoms with Crippen molar-refractivity contribution in [3.05, 3.63) is 58.5 Å². The predicted octanol–water partition coefficient (Wildman–Crippen LogP) is 4.71. The number of furan rings is 1. The Balaban J connectivity index is 1.85. The summed E-state index contributed by atoms with van der Waals surface area (Å²) < 4.78 is 6.52. The molecule has 1 heterocycles. The lowest BCUT2D eigenvalue weighted by atomic mass is 10.1. The van der Waals surface area contributed by atoms with Crippen molar-refractivity contribution in [2.75, 3.05) is 0 Å². The van der Waals surface area contributed by atoms with Crippen LogP contribution in [0.25, 0.3) is 0 Å². The molecule has 1 aromatic carbocycles. The molecule has 0 aliphatic carbocycles. The molecule has 0 spiro atoms. The van der Waals surface area contributed by atoms with Crippen molar-refractivity contribution in [3.8, 4) is 0 Å². The van der Waals surface area contributed by atoms with Crippen LogP contribution in [0.4, 0.5) is 0 Å². The minimum absolute atomic E-state index is 0.335. The second-order valence-electron chi connectivity index (χ2n) is 4.93. The van der Waals surface area contributed by atoms with Crippen LogP contribution in [0.5, 0.6) is 0 Å². The molecule has 19 heavy (non-hydrogen) atoms. The van der Waals surface area contributed by atoms with E-state index in [-0.39, 0.29) is 0 Å². The SMILES string of the molecule is CC(CCc1ccco1)NC(C)c1ccccc1Br. The Morgan fingerprint density at radius 3 is 2.63 bits per heavy atom. The summed E-state index contributed by atoms with van der Waals surface area (Å²) in [6.45, 7) is 4.42. The number of hydrogen-bond acceptors (Lipinski definition) is 2. The van der Waals surface area contributed by atoms with Gasteiger partial charge in [0.15, 0.2) is 0 Å². The quantitative estimate of drug-likeness (QED) is 0.833. The third kappa shape index (κ3) is 4.22. The summed E-state index contributed by atoms with van der Waals surface area (Å²) in [4.78, 5) is 0. The summed E-state index contributed by atoms with van der Waals surface area (Å²) in [5.74, 6) is 1.06. The zero-order valence-electron chi connectivity index (χ0n) is 11.4. The van der Waals surface area contributed by atoms with Crippen LogP contribution in [0.3, 0.4) is 0 Å². The van der Waals surface area contributed by atoms with Crippen molar-refractivity contribution >= 4 is 15.9 Å². The smallest absolute Gasteiger partial charge is 0.103 e. The molecule has 2 rings (SSSR count). The van der Waals surface area contributed by atoms with E-state index in [2.05, 4.69) is 53.3 Å². The molecule has 2 atom stereocenters. The molecule has 1 aromatic heterocycles. The number of hydrogen-bond donors (Lipinski definition) is 1. The van der Waals surface area contributed by atoms with Gasteiger partial charge in [0.1, 0.15) is 5.76 Å². The fourth-order valence-corrected chi connectivity index (χ4v) is 2.87. The van der Waals surface area contributed by atoms with Gasteiger partial charge in [0.25, 0.3) is 0 Å². The molecule has 0 radical (unpaired) electrons. The maximum atomic E-state index is 5.36. The Labute approximate surface area is 123 Å². The molecular weight excluding hydrogens is 302 g/mol. The summed E-state index contributed by atoms with van der Waals surface area (Å²) in [5.41, 5.74) is 1.30. The highest BCUT2D eigenvalue weighted by atomic mass is 79.9. The molecule has 0 saturated heterocycles. The molecule has 0 aliphatic rings. The van der Waals surface area contributed by atoms with Crippen LogP contribution in [0.15, 0.2) is 51.6 Å². The van der Waals surface area contributed by atoms with Crippen LogP contribution in [0.1, 0.15) is 37.6 Å². The number of nitrogens with one attached hydrogen (secondary N) is 1. The first-order valence-corrected chi connectivity index (χ1v) is 7.49. The average molecular weight is 322 g/mol. The van der Waals surface area contributed by atoms with E-state index in [1.54, 1.807) is 6.26 Å². The number of benzene rings is 1. The Morgan fingerprint density at radius 2 is 1.95 bits per heavy atom. The zero-order valence-corrected chi connectivity index (χ0v) is 13.0. The number of aryl methyl sites for hydroxylation is 1. The average Bonchev–Trinajstić information content (AvgIpc) is 2.90. The first-order valence-electron chi connectivity index (χ1n) is 6.69. The third-order valence-corrected chi connectivity index (χ3v) is 4.03. The molecule has 0 saturated carbocycles. The van der Waals surface area contributed by atoms with Gasteiger partial charge >= 0.3 is 0 Å². The molecule has 0 bridgehead atoms. The van der Waals surface area contributed by atoms with Gasteiger partial charge in [0, 0.05) is 23.0 Å². The summed E-state index contributed by atoms with van der Waals surface area (Å²) in [6.07, 6.45) is 3.78. The molecule has 102 valence electrons. The summed E-state index contributed by atoms with van der Waals surface area (Å²) >= 11 is 3.60. The van der Waals surface area contributed by atoms with E-state index in [9.17, 15) is 0 Å². The van der Waals surface area contributed by atoms with Gasteiger partial charge in [-0.15, -0.1) is 0 Å². The Bertz CT molecular complexity index is 495. The maximum absolute atomic E-state index is 5.36. The fourth-order valence-electron chi connectivity index (χ4n) is 2.24. The Kier molecular flexibility index (Phi) is 5.23. The molecule has 2 unspecified atom stereocenters. The Morgan fingerprint density at radius 1 is 1.16 bits per heavy atom. The molecule has 2 nitrogen and oxygen atoms in total. The summed E-state index contributed by atoms with van der Waals surface area (Å²) in [7, 11) is 0. The molecule has 0 amide bonds. The fraction of sp³-hybridized carbons (Fsp3) is 0.375. The standard InChI is InChI=1S/C16H20BrNO/c1-12(9-10-14-6-5-11-19-14)18-13(2)15-7-3-4-8-16(15)17/h3-8,11-13,18H,9-10H2,1-2H3. The highest BCUT2D eigenvalue weighted by molar-refractivity contribution is 9.10. The van der Waals surface area contributed by atoms with Gasteiger partial charge in [-0.05, 0) is 44.0 Å². The van der Waals surface area contributed by atoms with Gasteiger partial charge < -0.3 is 9.73 Å². The molecule has 0 aliphatic heterocycles. The highest BCUT2D eigenvalue weighted by Gasteiger charge is 2.12. The second-order valence-corrected chi connectivity index (χ2v) is 5.78. The van der Waals surface area contributed by atoms with E-state index < -0.39 is 0 Å². The zero-order chi connectivity index (χ0) is 13.7. The highest BCUT2D eigenvalue weighted by Crippen LogP contribution is 2.23. The monoisotopic (exact) mass is 321 g/mol. The first-order chi connectivity index (χ1) is 9.16. The van der Waals surface area contributed by atoms with Crippen molar-refractivity contribution in [3.63, 3.8) is 0 Å². The van der Waals surface area contributed by atoms with Gasteiger partial charge in [-0.1, -0.05) is 34.1 Å².